The van der Waals surface area contributed by atoms with Gasteiger partial charge in [-0.25, -0.2) is 19.9 Å². The predicted octanol–water partition coefficient (Wildman–Crippen LogP) is 12.8. The molecule has 56 heavy (non-hydrogen) atoms. The quantitative estimate of drug-likeness (QED) is 0.166. The maximum Gasteiger partial charge on any atom is 0.0972 e. The van der Waals surface area contributed by atoms with E-state index in [-0.39, 0.29) is 0 Å². The van der Waals surface area contributed by atoms with E-state index in [2.05, 4.69) is 145 Å². The first-order valence-corrected chi connectivity index (χ1v) is 18.7. The van der Waals surface area contributed by atoms with E-state index in [0.717, 1.165) is 105 Å². The van der Waals surface area contributed by atoms with Crippen LogP contribution in [0.1, 0.15) is 0 Å². The van der Waals surface area contributed by atoms with Gasteiger partial charge in [0.15, 0.2) is 0 Å². The molecule has 0 radical (unpaired) electrons. The first-order chi connectivity index (χ1) is 27.7. The molecule has 5 nitrogen and oxygen atoms in total. The normalized spacial score (nSPS) is 11.6. The number of benzene rings is 6. The fourth-order valence-corrected chi connectivity index (χ4v) is 7.69. The summed E-state index contributed by atoms with van der Waals surface area (Å²) in [5, 5.41) is 6.67. The molecule has 0 fully saturated rings. The zero-order valence-corrected chi connectivity index (χ0v) is 30.1. The molecule has 0 amide bonds. The Kier molecular flexibility index (Phi) is 7.42. The Bertz CT molecular complexity index is 3310. The van der Waals surface area contributed by atoms with Crippen molar-refractivity contribution in [1.82, 2.24) is 24.9 Å². The summed E-state index contributed by atoms with van der Waals surface area (Å²) in [4.78, 5) is 24.6. The van der Waals surface area contributed by atoms with Crippen LogP contribution in [0.2, 0.25) is 0 Å². The molecule has 11 rings (SSSR count). The Hall–Kier alpha value is -7.63. The third-order valence-electron chi connectivity index (χ3n) is 10.7. The molecule has 0 N–H and O–H groups in total. The van der Waals surface area contributed by atoms with Crippen LogP contribution in [0.5, 0.6) is 0 Å². The molecule has 5 heteroatoms. The Morgan fingerprint density at radius 1 is 0.268 bits per heavy atom. The van der Waals surface area contributed by atoms with E-state index in [0.29, 0.717) is 0 Å². The molecule has 260 valence electrons. The SMILES string of the molecule is c1ccc(-c2ccc3ccc4ccc(-c5ccc6cc(-c7ccc8ccc(-c9ccc%10ccc(-c%11cccnc%11)nc%10c9)nc8c7)ccc6c5)nc4c3n2)cc1. The van der Waals surface area contributed by atoms with Gasteiger partial charge in [-0.3, -0.25) is 4.98 Å². The first-order valence-electron chi connectivity index (χ1n) is 18.7. The smallest absolute Gasteiger partial charge is 0.0972 e. The van der Waals surface area contributed by atoms with Gasteiger partial charge in [0.05, 0.1) is 44.8 Å². The number of hydrogen-bond acceptors (Lipinski definition) is 5. The van der Waals surface area contributed by atoms with Gasteiger partial charge in [0.2, 0.25) is 0 Å². The van der Waals surface area contributed by atoms with Crippen molar-refractivity contribution in [2.75, 3.05) is 0 Å². The van der Waals surface area contributed by atoms with Crippen LogP contribution in [0.4, 0.5) is 0 Å². The van der Waals surface area contributed by atoms with Gasteiger partial charge in [0.25, 0.3) is 0 Å². The van der Waals surface area contributed by atoms with Crippen LogP contribution in [0.15, 0.2) is 188 Å². The summed E-state index contributed by atoms with van der Waals surface area (Å²) in [5.41, 5.74) is 13.9. The third-order valence-corrected chi connectivity index (χ3v) is 10.7. The molecule has 0 atom stereocenters. The highest BCUT2D eigenvalue weighted by atomic mass is 14.8. The highest BCUT2D eigenvalue weighted by Gasteiger charge is 2.11. The van der Waals surface area contributed by atoms with E-state index < -0.39 is 0 Å². The molecule has 6 aromatic carbocycles. The number of fused-ring (bicyclic) bond motifs is 6. The molecule has 0 aliphatic carbocycles. The number of aromatic nitrogens is 5. The minimum absolute atomic E-state index is 0.903. The Balaban J connectivity index is 0.912. The molecule has 0 unspecified atom stereocenters. The van der Waals surface area contributed by atoms with Crippen LogP contribution in [0.25, 0.3) is 111 Å². The van der Waals surface area contributed by atoms with Crippen molar-refractivity contribution in [3.63, 3.8) is 0 Å². The first kappa shape index (κ1) is 31.9. The van der Waals surface area contributed by atoms with Gasteiger partial charge >= 0.3 is 0 Å². The summed E-state index contributed by atoms with van der Waals surface area (Å²) in [6.45, 7) is 0. The minimum Gasteiger partial charge on any atom is -0.264 e. The summed E-state index contributed by atoms with van der Waals surface area (Å²) < 4.78 is 0. The molecule has 0 bridgehead atoms. The van der Waals surface area contributed by atoms with E-state index in [9.17, 15) is 0 Å². The largest absolute Gasteiger partial charge is 0.264 e. The molecule has 0 spiro atoms. The van der Waals surface area contributed by atoms with Crippen molar-refractivity contribution in [3.8, 4) is 56.2 Å². The summed E-state index contributed by atoms with van der Waals surface area (Å²) in [5.74, 6) is 0. The zero-order valence-electron chi connectivity index (χ0n) is 30.1. The van der Waals surface area contributed by atoms with Crippen LogP contribution in [0.3, 0.4) is 0 Å². The van der Waals surface area contributed by atoms with Crippen molar-refractivity contribution in [3.05, 3.63) is 188 Å². The van der Waals surface area contributed by atoms with Gasteiger partial charge < -0.3 is 0 Å². The summed E-state index contributed by atoms with van der Waals surface area (Å²) in [6, 6.07) is 61.5. The van der Waals surface area contributed by atoms with Crippen molar-refractivity contribution in [1.29, 1.82) is 0 Å². The van der Waals surface area contributed by atoms with E-state index in [1.807, 2.05) is 42.6 Å². The Morgan fingerprint density at radius 3 is 1.32 bits per heavy atom. The lowest BCUT2D eigenvalue weighted by Gasteiger charge is -2.10. The maximum absolute atomic E-state index is 5.19. The second-order valence-electron chi connectivity index (χ2n) is 14.2. The van der Waals surface area contributed by atoms with Crippen molar-refractivity contribution in [2.45, 2.75) is 0 Å². The molecule has 0 aliphatic rings. The molecule has 11 aromatic rings. The average Bonchev–Trinajstić information content (AvgIpc) is 3.28. The van der Waals surface area contributed by atoms with Gasteiger partial charge in [-0.2, -0.15) is 0 Å². The van der Waals surface area contributed by atoms with Crippen molar-refractivity contribution in [2.24, 2.45) is 0 Å². The molecule has 5 aromatic heterocycles. The lowest BCUT2D eigenvalue weighted by Crippen LogP contribution is -1.91. The Labute approximate surface area is 322 Å². The number of nitrogens with zero attached hydrogens (tertiary/aromatic N) is 5. The fraction of sp³-hybridized carbons (Fsp3) is 0. The van der Waals surface area contributed by atoms with Gasteiger partial charge in [0.1, 0.15) is 0 Å². The maximum atomic E-state index is 5.19. The minimum atomic E-state index is 0.903. The van der Waals surface area contributed by atoms with Gasteiger partial charge in [-0.1, -0.05) is 115 Å². The molecular formula is C51H31N5. The molecular weight excluding hydrogens is 683 g/mol. The second-order valence-corrected chi connectivity index (χ2v) is 14.2. The van der Waals surface area contributed by atoms with Crippen molar-refractivity contribution < 1.29 is 0 Å². The van der Waals surface area contributed by atoms with Crippen LogP contribution in [-0.4, -0.2) is 24.9 Å². The standard InChI is InChI=1S/C51H31N5/c1-2-5-32(6-3-1)44-24-20-35-10-11-36-21-25-46(56-51(36)50(35)55-44)41-17-15-37-27-38(13-14-39(37)28-41)40-12-8-33-18-22-45(53-48(33)29-40)42-16-9-34-19-23-47(54-49(34)30-42)43-7-4-26-52-31-43/h1-31H. The molecule has 0 saturated heterocycles. The monoisotopic (exact) mass is 713 g/mol. The fourth-order valence-electron chi connectivity index (χ4n) is 7.69. The number of hydrogen-bond donors (Lipinski definition) is 0. The lowest BCUT2D eigenvalue weighted by molar-refractivity contribution is 1.30. The van der Waals surface area contributed by atoms with Crippen LogP contribution in [0, 0.1) is 0 Å². The molecule has 0 aliphatic heterocycles. The zero-order chi connectivity index (χ0) is 37.0. The van der Waals surface area contributed by atoms with E-state index >= 15 is 0 Å². The summed E-state index contributed by atoms with van der Waals surface area (Å²) in [6.07, 6.45) is 3.62. The molecule has 5 heterocycles. The topological polar surface area (TPSA) is 64.5 Å². The lowest BCUT2D eigenvalue weighted by atomic mass is 9.98. The average molecular weight is 714 g/mol. The van der Waals surface area contributed by atoms with E-state index in [1.54, 1.807) is 6.20 Å². The second kappa shape index (κ2) is 13.0. The Morgan fingerprint density at radius 2 is 0.696 bits per heavy atom. The third kappa shape index (κ3) is 5.70. The van der Waals surface area contributed by atoms with Gasteiger partial charge in [0, 0.05) is 56.2 Å². The molecule has 0 saturated carbocycles. The van der Waals surface area contributed by atoms with Crippen LogP contribution < -0.4 is 0 Å². The predicted molar refractivity (Wildman–Crippen MR) is 230 cm³/mol. The van der Waals surface area contributed by atoms with E-state index in [1.165, 1.54) is 5.39 Å². The van der Waals surface area contributed by atoms with E-state index in [4.69, 9.17) is 19.9 Å². The highest BCUT2D eigenvalue weighted by Crippen LogP contribution is 2.33. The summed E-state index contributed by atoms with van der Waals surface area (Å²) in [7, 11) is 0. The van der Waals surface area contributed by atoms with Crippen LogP contribution >= 0.6 is 0 Å². The van der Waals surface area contributed by atoms with Crippen LogP contribution in [-0.2, 0) is 0 Å². The van der Waals surface area contributed by atoms with Gasteiger partial charge in [-0.05, 0) is 82.6 Å². The summed E-state index contributed by atoms with van der Waals surface area (Å²) >= 11 is 0. The van der Waals surface area contributed by atoms with Gasteiger partial charge in [-0.15, -0.1) is 0 Å². The highest BCUT2D eigenvalue weighted by molar-refractivity contribution is 6.04. The van der Waals surface area contributed by atoms with Crippen molar-refractivity contribution >= 4 is 54.4 Å². The number of pyridine rings is 5. The number of rotatable bonds is 5.